The lowest BCUT2D eigenvalue weighted by molar-refractivity contribution is 0.238. The van der Waals surface area contributed by atoms with E-state index in [0.29, 0.717) is 11.6 Å². The summed E-state index contributed by atoms with van der Waals surface area (Å²) in [4.78, 5) is 16.3. The summed E-state index contributed by atoms with van der Waals surface area (Å²) in [6, 6.07) is 13.3. The highest BCUT2D eigenvalue weighted by molar-refractivity contribution is 5.94. The van der Waals surface area contributed by atoms with Gasteiger partial charge in [-0.3, -0.25) is 0 Å². The minimum atomic E-state index is -0.615. The molecule has 1 atom stereocenters. The second kappa shape index (κ2) is 4.88. The molecule has 0 bridgehead atoms. The molecular weight excluding hydrogens is 274 g/mol. The second-order valence-electron chi connectivity index (χ2n) is 5.67. The zero-order valence-electron chi connectivity index (χ0n) is 12.0. The minimum absolute atomic E-state index is 0.194. The van der Waals surface area contributed by atoms with Crippen molar-refractivity contribution in [2.45, 2.75) is 18.4 Å². The number of pyridine rings is 1. The minimum Gasteiger partial charge on any atom is -0.317 e. The number of fused-ring (bicyclic) bond motifs is 1. The Kier molecular flexibility index (Phi) is 2.87. The Morgan fingerprint density at radius 3 is 2.73 bits per heavy atom. The molecule has 4 nitrogen and oxygen atoms in total. The molecule has 2 heterocycles. The molecule has 2 amide bonds. The number of aromatic nitrogens is 1. The summed E-state index contributed by atoms with van der Waals surface area (Å²) < 4.78 is 0. The molecule has 0 spiro atoms. The third-order valence-corrected chi connectivity index (χ3v) is 4.15. The van der Waals surface area contributed by atoms with Crippen molar-refractivity contribution < 1.29 is 4.79 Å². The van der Waals surface area contributed by atoms with E-state index in [2.05, 4.69) is 27.5 Å². The fraction of sp³-hybridized carbons (Fsp3) is 0.222. The zero-order chi connectivity index (χ0) is 15.0. The van der Waals surface area contributed by atoms with Crippen LogP contribution in [-0.2, 0) is 5.54 Å². The third-order valence-electron chi connectivity index (χ3n) is 4.15. The standard InChI is InChI=1S/C18H15N3O/c22-17-20-16-7-2-1-6-15(16)18(21-17,13-8-9-13)11-10-14-5-3-4-12-19-14/h1-7,12-13H,8-9H2,(H2,20,21,22). The molecule has 1 aliphatic carbocycles. The van der Waals surface area contributed by atoms with E-state index in [1.54, 1.807) is 6.20 Å². The molecule has 1 unspecified atom stereocenters. The van der Waals surface area contributed by atoms with Crippen LogP contribution >= 0.6 is 0 Å². The van der Waals surface area contributed by atoms with Crippen molar-refractivity contribution in [2.24, 2.45) is 5.92 Å². The van der Waals surface area contributed by atoms with Crippen molar-refractivity contribution in [2.75, 3.05) is 5.32 Å². The molecule has 2 aliphatic rings. The lowest BCUT2D eigenvalue weighted by Crippen LogP contribution is -2.52. The average Bonchev–Trinajstić information content (AvgIpc) is 3.39. The maximum atomic E-state index is 12.1. The molecule has 2 aromatic rings. The first-order valence-electron chi connectivity index (χ1n) is 7.41. The molecule has 4 rings (SSSR count). The van der Waals surface area contributed by atoms with Crippen LogP contribution < -0.4 is 10.6 Å². The van der Waals surface area contributed by atoms with Crippen LogP contribution in [0.3, 0.4) is 0 Å². The molecule has 0 saturated heterocycles. The molecule has 108 valence electrons. The van der Waals surface area contributed by atoms with Gasteiger partial charge in [-0.1, -0.05) is 30.2 Å². The van der Waals surface area contributed by atoms with Gasteiger partial charge < -0.3 is 10.6 Å². The number of rotatable bonds is 1. The van der Waals surface area contributed by atoms with Gasteiger partial charge in [0.15, 0.2) is 0 Å². The Morgan fingerprint density at radius 2 is 1.95 bits per heavy atom. The van der Waals surface area contributed by atoms with E-state index in [4.69, 9.17) is 0 Å². The van der Waals surface area contributed by atoms with Crippen LogP contribution in [0.15, 0.2) is 48.7 Å². The molecule has 1 fully saturated rings. The summed E-state index contributed by atoms with van der Waals surface area (Å²) in [6.07, 6.45) is 3.87. The van der Waals surface area contributed by atoms with E-state index in [0.717, 1.165) is 24.1 Å². The van der Waals surface area contributed by atoms with Gasteiger partial charge in [0.1, 0.15) is 11.2 Å². The largest absolute Gasteiger partial charge is 0.320 e. The number of carbonyl (C=O) groups is 1. The molecule has 1 saturated carbocycles. The highest BCUT2D eigenvalue weighted by atomic mass is 16.2. The number of urea groups is 1. The van der Waals surface area contributed by atoms with E-state index in [-0.39, 0.29) is 6.03 Å². The van der Waals surface area contributed by atoms with Crippen molar-refractivity contribution in [1.82, 2.24) is 10.3 Å². The van der Waals surface area contributed by atoms with Crippen molar-refractivity contribution in [3.05, 3.63) is 59.9 Å². The van der Waals surface area contributed by atoms with Crippen LogP contribution in [0.2, 0.25) is 0 Å². The van der Waals surface area contributed by atoms with Gasteiger partial charge in [-0.15, -0.1) is 0 Å². The van der Waals surface area contributed by atoms with Crippen LogP contribution in [-0.4, -0.2) is 11.0 Å². The third kappa shape index (κ3) is 2.11. The highest BCUT2D eigenvalue weighted by Crippen LogP contribution is 2.48. The molecule has 1 aliphatic heterocycles. The van der Waals surface area contributed by atoms with Crippen LogP contribution in [0.5, 0.6) is 0 Å². The van der Waals surface area contributed by atoms with E-state index >= 15 is 0 Å². The normalized spacial score (nSPS) is 22.6. The summed E-state index contributed by atoms with van der Waals surface area (Å²) in [6.45, 7) is 0. The Labute approximate surface area is 129 Å². The number of benzene rings is 1. The number of para-hydroxylation sites is 1. The van der Waals surface area contributed by atoms with E-state index in [1.165, 1.54) is 0 Å². The van der Waals surface area contributed by atoms with Crippen LogP contribution in [0.1, 0.15) is 24.1 Å². The molecule has 2 N–H and O–H groups in total. The number of nitrogens with zero attached hydrogens (tertiary/aromatic N) is 1. The van der Waals surface area contributed by atoms with Gasteiger partial charge in [-0.05, 0) is 42.9 Å². The van der Waals surface area contributed by atoms with Crippen molar-refractivity contribution in [1.29, 1.82) is 0 Å². The zero-order valence-corrected chi connectivity index (χ0v) is 12.0. The smallest absolute Gasteiger partial charge is 0.317 e. The van der Waals surface area contributed by atoms with Crippen molar-refractivity contribution in [3.63, 3.8) is 0 Å². The van der Waals surface area contributed by atoms with Gasteiger partial charge in [0, 0.05) is 17.4 Å². The summed E-state index contributed by atoms with van der Waals surface area (Å²) >= 11 is 0. The summed E-state index contributed by atoms with van der Waals surface area (Å²) in [5.41, 5.74) is 1.98. The lowest BCUT2D eigenvalue weighted by Gasteiger charge is -2.36. The Bertz CT molecular complexity index is 787. The number of nitrogens with one attached hydrogen (secondary N) is 2. The van der Waals surface area contributed by atoms with Gasteiger partial charge in [-0.25, -0.2) is 9.78 Å². The summed E-state index contributed by atoms with van der Waals surface area (Å²) in [7, 11) is 0. The van der Waals surface area contributed by atoms with Gasteiger partial charge in [0.05, 0.1) is 0 Å². The van der Waals surface area contributed by atoms with E-state index in [9.17, 15) is 4.79 Å². The van der Waals surface area contributed by atoms with Gasteiger partial charge in [0.2, 0.25) is 0 Å². The number of amides is 2. The fourth-order valence-electron chi connectivity index (χ4n) is 2.97. The van der Waals surface area contributed by atoms with E-state index in [1.807, 2.05) is 42.5 Å². The first-order chi connectivity index (χ1) is 10.8. The number of anilines is 1. The SMILES string of the molecule is O=C1Nc2ccccc2C(C#Cc2ccccn2)(C2CC2)N1. The maximum absolute atomic E-state index is 12.1. The Balaban J connectivity index is 1.85. The number of hydrogen-bond acceptors (Lipinski definition) is 2. The van der Waals surface area contributed by atoms with Crippen LogP contribution in [0.4, 0.5) is 10.5 Å². The first kappa shape index (κ1) is 12.9. The van der Waals surface area contributed by atoms with Gasteiger partial charge in [0.25, 0.3) is 0 Å². The van der Waals surface area contributed by atoms with E-state index < -0.39 is 5.54 Å². The molecule has 22 heavy (non-hydrogen) atoms. The second-order valence-corrected chi connectivity index (χ2v) is 5.67. The predicted molar refractivity (Wildman–Crippen MR) is 84.1 cm³/mol. The van der Waals surface area contributed by atoms with Crippen molar-refractivity contribution >= 4 is 11.7 Å². The Morgan fingerprint density at radius 1 is 1.14 bits per heavy atom. The van der Waals surface area contributed by atoms with Crippen LogP contribution in [0.25, 0.3) is 0 Å². The maximum Gasteiger partial charge on any atom is 0.320 e. The average molecular weight is 289 g/mol. The molecule has 4 heteroatoms. The highest BCUT2D eigenvalue weighted by Gasteiger charge is 2.49. The lowest BCUT2D eigenvalue weighted by atomic mass is 9.83. The predicted octanol–water partition coefficient (Wildman–Crippen LogP) is 2.87. The number of carbonyl (C=O) groups excluding carboxylic acids is 1. The quantitative estimate of drug-likeness (QED) is 0.793. The summed E-state index contributed by atoms with van der Waals surface area (Å²) in [5.74, 6) is 6.81. The molecule has 1 aromatic heterocycles. The van der Waals surface area contributed by atoms with Crippen LogP contribution in [0, 0.1) is 17.8 Å². The van der Waals surface area contributed by atoms with Gasteiger partial charge in [-0.2, -0.15) is 0 Å². The topological polar surface area (TPSA) is 54.0 Å². The van der Waals surface area contributed by atoms with Gasteiger partial charge >= 0.3 is 6.03 Å². The van der Waals surface area contributed by atoms with Crippen molar-refractivity contribution in [3.8, 4) is 11.8 Å². The molecule has 0 radical (unpaired) electrons. The monoisotopic (exact) mass is 289 g/mol. The molecule has 1 aromatic carbocycles. The first-order valence-corrected chi connectivity index (χ1v) is 7.41. The fourth-order valence-corrected chi connectivity index (χ4v) is 2.97. The Hall–Kier alpha value is -2.80. The summed E-state index contributed by atoms with van der Waals surface area (Å²) in [5, 5.41) is 5.93. The number of hydrogen-bond donors (Lipinski definition) is 2. The molecular formula is C18H15N3O.